The third-order valence-corrected chi connectivity index (χ3v) is 6.43. The topological polar surface area (TPSA) is 70.2 Å². The van der Waals surface area contributed by atoms with Crippen molar-refractivity contribution in [1.29, 1.82) is 0 Å². The molecule has 142 valence electrons. The van der Waals surface area contributed by atoms with Crippen LogP contribution in [0.4, 0.5) is 0 Å². The first-order valence-electron chi connectivity index (χ1n) is 8.93. The maximum Gasteiger partial charge on any atom is 0.277 e. The molecule has 1 fully saturated rings. The minimum atomic E-state index is 0.0718. The Hall–Kier alpha value is -1.90. The second kappa shape index (κ2) is 8.00. The van der Waals surface area contributed by atoms with Crippen LogP contribution in [0.5, 0.6) is 0 Å². The molecule has 0 saturated carbocycles. The smallest absolute Gasteiger partial charge is 0.277 e. The van der Waals surface area contributed by atoms with Gasteiger partial charge < -0.3 is 13.7 Å². The van der Waals surface area contributed by atoms with Crippen molar-refractivity contribution in [2.75, 3.05) is 12.4 Å². The Bertz CT molecular complexity index is 924. The Morgan fingerprint density at radius 2 is 2.30 bits per heavy atom. The summed E-state index contributed by atoms with van der Waals surface area (Å²) in [6.45, 7) is 5.69. The van der Waals surface area contributed by atoms with Crippen LogP contribution in [0.3, 0.4) is 0 Å². The molecular weight excluding hydrogens is 382 g/mol. The summed E-state index contributed by atoms with van der Waals surface area (Å²) in [6, 6.07) is 5.84. The molecule has 0 unspecified atom stereocenters. The molecule has 0 amide bonds. The lowest BCUT2D eigenvalue weighted by Gasteiger charge is -2.14. The highest BCUT2D eigenvalue weighted by Crippen LogP contribution is 2.27. The molecule has 1 saturated heterocycles. The molecule has 4 heterocycles. The van der Waals surface area contributed by atoms with Gasteiger partial charge >= 0.3 is 0 Å². The zero-order valence-corrected chi connectivity index (χ0v) is 16.9. The van der Waals surface area contributed by atoms with E-state index >= 15 is 0 Å². The van der Waals surface area contributed by atoms with Crippen molar-refractivity contribution in [3.05, 3.63) is 40.5 Å². The van der Waals surface area contributed by atoms with Crippen LogP contribution in [-0.2, 0) is 11.3 Å². The van der Waals surface area contributed by atoms with Crippen molar-refractivity contribution in [2.45, 2.75) is 44.6 Å². The quantitative estimate of drug-likeness (QED) is 0.431. The maximum absolute atomic E-state index is 12.7. The molecule has 1 aliphatic rings. The van der Waals surface area contributed by atoms with E-state index in [0.29, 0.717) is 11.1 Å². The van der Waals surface area contributed by atoms with E-state index in [1.807, 2.05) is 37.4 Å². The van der Waals surface area contributed by atoms with Gasteiger partial charge in [-0.25, -0.2) is 0 Å². The Balaban J connectivity index is 1.41. The molecule has 8 heteroatoms. The molecule has 0 bridgehead atoms. The molecule has 1 atom stereocenters. The zero-order valence-electron chi connectivity index (χ0n) is 15.3. The van der Waals surface area contributed by atoms with Crippen molar-refractivity contribution in [1.82, 2.24) is 14.8 Å². The maximum atomic E-state index is 12.7. The molecule has 3 aromatic rings. The number of hydrogen-bond acceptors (Lipinski definition) is 7. The van der Waals surface area contributed by atoms with Crippen LogP contribution in [0.1, 0.15) is 34.6 Å². The first-order chi connectivity index (χ1) is 13.1. The van der Waals surface area contributed by atoms with Gasteiger partial charge in [-0.3, -0.25) is 4.79 Å². The number of hydrogen-bond donors (Lipinski definition) is 0. The van der Waals surface area contributed by atoms with Crippen LogP contribution in [0, 0.1) is 13.8 Å². The lowest BCUT2D eigenvalue weighted by molar-refractivity contribution is 0.0957. The molecule has 0 radical (unpaired) electrons. The number of nitrogens with zero attached hydrogens (tertiary/aromatic N) is 3. The number of thioether (sulfide) groups is 1. The molecular formula is C19H21N3O3S2. The number of thiophene rings is 1. The fourth-order valence-corrected chi connectivity index (χ4v) is 4.62. The highest BCUT2D eigenvalue weighted by Gasteiger charge is 2.21. The van der Waals surface area contributed by atoms with E-state index in [0.717, 1.165) is 47.8 Å². The van der Waals surface area contributed by atoms with Gasteiger partial charge in [0.2, 0.25) is 0 Å². The van der Waals surface area contributed by atoms with E-state index in [1.165, 1.54) is 11.8 Å². The van der Waals surface area contributed by atoms with Crippen LogP contribution >= 0.6 is 23.1 Å². The second-order valence-electron chi connectivity index (χ2n) is 6.59. The number of carbonyl (C=O) groups excluding carboxylic acids is 1. The second-order valence-corrected chi connectivity index (χ2v) is 8.47. The summed E-state index contributed by atoms with van der Waals surface area (Å²) in [4.78, 5) is 13.7. The molecule has 0 N–H and O–H groups in total. The van der Waals surface area contributed by atoms with E-state index in [4.69, 9.17) is 9.15 Å². The van der Waals surface area contributed by atoms with Gasteiger partial charge in [-0.2, -0.15) is 0 Å². The predicted molar refractivity (Wildman–Crippen MR) is 106 cm³/mol. The molecule has 4 rings (SSSR count). The van der Waals surface area contributed by atoms with Crippen LogP contribution in [0.25, 0.3) is 10.8 Å². The van der Waals surface area contributed by atoms with Gasteiger partial charge in [0.15, 0.2) is 5.78 Å². The number of Topliss-reactive ketones (excluding diaryl/α,β-unsaturated/α-hetero) is 1. The van der Waals surface area contributed by atoms with E-state index in [9.17, 15) is 4.79 Å². The molecule has 1 aliphatic heterocycles. The van der Waals surface area contributed by atoms with Crippen molar-refractivity contribution < 1.29 is 13.9 Å². The van der Waals surface area contributed by atoms with Gasteiger partial charge in [0, 0.05) is 30.1 Å². The number of aromatic nitrogens is 3. The van der Waals surface area contributed by atoms with E-state index in [2.05, 4.69) is 14.8 Å². The summed E-state index contributed by atoms with van der Waals surface area (Å²) >= 11 is 2.82. The average molecular weight is 404 g/mol. The Kier molecular flexibility index (Phi) is 5.47. The molecule has 27 heavy (non-hydrogen) atoms. The van der Waals surface area contributed by atoms with E-state index in [1.54, 1.807) is 11.3 Å². The minimum absolute atomic E-state index is 0.0718. The fourth-order valence-electron chi connectivity index (χ4n) is 3.33. The molecule has 3 aromatic heterocycles. The largest absolute Gasteiger partial charge is 0.410 e. The highest BCUT2D eigenvalue weighted by molar-refractivity contribution is 7.99. The predicted octanol–water partition coefficient (Wildman–Crippen LogP) is 4.37. The Morgan fingerprint density at radius 1 is 1.41 bits per heavy atom. The van der Waals surface area contributed by atoms with Gasteiger partial charge in [0.05, 0.1) is 16.7 Å². The van der Waals surface area contributed by atoms with Gasteiger partial charge in [-0.05, 0) is 44.2 Å². The summed E-state index contributed by atoms with van der Waals surface area (Å²) in [5.41, 5.74) is 2.85. The van der Waals surface area contributed by atoms with Crippen molar-refractivity contribution in [2.24, 2.45) is 0 Å². The minimum Gasteiger partial charge on any atom is -0.410 e. The Labute approximate surface area is 165 Å². The number of carbonyl (C=O) groups is 1. The van der Waals surface area contributed by atoms with Crippen LogP contribution in [0.2, 0.25) is 0 Å². The third-order valence-electron chi connectivity index (χ3n) is 4.75. The molecule has 0 aromatic carbocycles. The van der Waals surface area contributed by atoms with Crippen molar-refractivity contribution in [3.8, 4) is 10.8 Å². The van der Waals surface area contributed by atoms with Crippen LogP contribution in [-0.4, -0.2) is 39.0 Å². The van der Waals surface area contributed by atoms with Crippen LogP contribution < -0.4 is 0 Å². The number of ketones is 1. The average Bonchev–Trinajstić information content (AvgIpc) is 3.43. The van der Waals surface area contributed by atoms with Crippen molar-refractivity contribution >= 4 is 28.9 Å². The number of aryl methyl sites for hydroxylation is 1. The lowest BCUT2D eigenvalue weighted by Crippen LogP contribution is -2.17. The first-order valence-corrected chi connectivity index (χ1v) is 10.8. The van der Waals surface area contributed by atoms with E-state index in [-0.39, 0.29) is 17.6 Å². The van der Waals surface area contributed by atoms with Gasteiger partial charge in [-0.15, -0.1) is 21.5 Å². The summed E-state index contributed by atoms with van der Waals surface area (Å²) in [6.07, 6.45) is 2.45. The summed E-state index contributed by atoms with van der Waals surface area (Å²) in [7, 11) is 0. The summed E-state index contributed by atoms with van der Waals surface area (Å²) < 4.78 is 13.6. The Morgan fingerprint density at radius 3 is 3.04 bits per heavy atom. The van der Waals surface area contributed by atoms with Crippen molar-refractivity contribution in [3.63, 3.8) is 0 Å². The SMILES string of the molecule is Cc1cc(C(=O)CSc2nnc(-c3cccs3)o2)c(C)n1C[C@H]1CCCO1. The summed E-state index contributed by atoms with van der Waals surface area (Å²) in [5, 5.41) is 10.5. The van der Waals surface area contributed by atoms with Gasteiger partial charge in [-0.1, -0.05) is 17.8 Å². The third kappa shape index (κ3) is 4.02. The molecule has 0 aliphatic carbocycles. The molecule has 0 spiro atoms. The number of ether oxygens (including phenoxy) is 1. The first kappa shape index (κ1) is 18.5. The summed E-state index contributed by atoms with van der Waals surface area (Å²) in [5.74, 6) is 0.841. The van der Waals surface area contributed by atoms with E-state index < -0.39 is 0 Å². The molecule has 6 nitrogen and oxygen atoms in total. The van der Waals surface area contributed by atoms with Gasteiger partial charge in [0.25, 0.3) is 11.1 Å². The zero-order chi connectivity index (χ0) is 18.8. The number of rotatable bonds is 7. The monoisotopic (exact) mass is 403 g/mol. The van der Waals surface area contributed by atoms with Crippen LogP contribution in [0.15, 0.2) is 33.2 Å². The highest BCUT2D eigenvalue weighted by atomic mass is 32.2. The standard InChI is InChI=1S/C19H21N3O3S2/c1-12-9-15(13(2)22(12)10-14-5-3-7-24-14)16(23)11-27-19-21-20-18(25-19)17-6-4-8-26-17/h4,6,8-9,14H,3,5,7,10-11H2,1-2H3/t14-/m1/s1. The van der Waals surface area contributed by atoms with Gasteiger partial charge in [0.1, 0.15) is 0 Å². The lowest BCUT2D eigenvalue weighted by atomic mass is 10.2. The normalized spacial score (nSPS) is 16.9. The fraction of sp³-hybridized carbons (Fsp3) is 0.421.